The van der Waals surface area contributed by atoms with Crippen molar-refractivity contribution < 1.29 is 22.7 Å². The van der Waals surface area contributed by atoms with E-state index < -0.39 is 10.0 Å². The van der Waals surface area contributed by atoms with Crippen molar-refractivity contribution in [3.63, 3.8) is 0 Å². The Labute approximate surface area is 183 Å². The van der Waals surface area contributed by atoms with Gasteiger partial charge in [-0.25, -0.2) is 8.42 Å². The molecule has 8 nitrogen and oxygen atoms in total. The van der Waals surface area contributed by atoms with E-state index in [-0.39, 0.29) is 30.2 Å². The van der Waals surface area contributed by atoms with Gasteiger partial charge in [0.15, 0.2) is 11.5 Å². The Bertz CT molecular complexity index is 1000. The minimum absolute atomic E-state index is 0.110. The lowest BCUT2D eigenvalue weighted by Gasteiger charge is -2.19. The molecular formula is C22H29N3O5S. The third-order valence-corrected chi connectivity index (χ3v) is 7.28. The fourth-order valence-corrected chi connectivity index (χ4v) is 4.78. The molecule has 0 fully saturated rings. The molecule has 2 aromatic rings. The van der Waals surface area contributed by atoms with Crippen LogP contribution in [0.4, 0.5) is 0 Å². The van der Waals surface area contributed by atoms with Crippen molar-refractivity contribution in [3.05, 3.63) is 53.6 Å². The molecule has 2 N–H and O–H groups in total. The second-order valence-corrected chi connectivity index (χ2v) is 9.16. The van der Waals surface area contributed by atoms with Crippen LogP contribution in [0.2, 0.25) is 0 Å². The first-order valence-corrected chi connectivity index (χ1v) is 11.8. The quantitative estimate of drug-likeness (QED) is 0.581. The van der Waals surface area contributed by atoms with E-state index in [9.17, 15) is 13.2 Å². The summed E-state index contributed by atoms with van der Waals surface area (Å²) < 4.78 is 37.2. The first-order chi connectivity index (χ1) is 14.8. The molecule has 3 rings (SSSR count). The van der Waals surface area contributed by atoms with E-state index in [2.05, 4.69) is 10.6 Å². The maximum absolute atomic E-state index is 12.6. The summed E-state index contributed by atoms with van der Waals surface area (Å²) in [6, 6.07) is 12.2. The van der Waals surface area contributed by atoms with Gasteiger partial charge in [0.25, 0.3) is 0 Å². The Hall–Kier alpha value is -2.62. The third-order valence-electron chi connectivity index (χ3n) is 5.22. The number of carbonyl (C=O) groups is 1. The summed E-state index contributed by atoms with van der Waals surface area (Å²) in [5.74, 6) is 1.26. The van der Waals surface area contributed by atoms with Gasteiger partial charge in [-0.2, -0.15) is 4.31 Å². The molecule has 1 atom stereocenters. The number of hydrogen-bond acceptors (Lipinski definition) is 6. The average molecular weight is 448 g/mol. The molecule has 2 aromatic carbocycles. The molecule has 0 saturated heterocycles. The van der Waals surface area contributed by atoms with Gasteiger partial charge in [-0.1, -0.05) is 32.0 Å². The molecule has 31 heavy (non-hydrogen) atoms. The van der Waals surface area contributed by atoms with Gasteiger partial charge < -0.3 is 20.1 Å². The molecule has 9 heteroatoms. The average Bonchev–Trinajstić information content (AvgIpc) is 3.24. The van der Waals surface area contributed by atoms with Crippen molar-refractivity contribution in [2.45, 2.75) is 38.3 Å². The summed E-state index contributed by atoms with van der Waals surface area (Å²) >= 11 is 0. The lowest BCUT2D eigenvalue weighted by molar-refractivity contribution is -0.120. The summed E-state index contributed by atoms with van der Waals surface area (Å²) in [5.41, 5.74) is 1.83. The van der Waals surface area contributed by atoms with Crippen LogP contribution in [-0.2, 0) is 21.4 Å². The summed E-state index contributed by atoms with van der Waals surface area (Å²) in [7, 11) is -3.47. The maximum Gasteiger partial charge on any atom is 0.243 e. The van der Waals surface area contributed by atoms with E-state index in [1.54, 1.807) is 24.3 Å². The number of sulfonamides is 1. The minimum atomic E-state index is -3.47. The molecule has 0 spiro atoms. The first-order valence-electron chi connectivity index (χ1n) is 10.3. The smallest absolute Gasteiger partial charge is 0.243 e. The van der Waals surface area contributed by atoms with Crippen molar-refractivity contribution in [1.82, 2.24) is 14.9 Å². The number of hydrogen-bond donors (Lipinski definition) is 2. The van der Waals surface area contributed by atoms with Gasteiger partial charge in [-0.05, 0) is 42.3 Å². The number of fused-ring (bicyclic) bond motifs is 1. The third kappa shape index (κ3) is 5.55. The summed E-state index contributed by atoms with van der Waals surface area (Å²) in [5, 5.41) is 6.03. The van der Waals surface area contributed by atoms with Crippen molar-refractivity contribution in [2.24, 2.45) is 0 Å². The molecule has 0 saturated carbocycles. The largest absolute Gasteiger partial charge is 0.454 e. The highest BCUT2D eigenvalue weighted by atomic mass is 32.2. The molecular weight excluding hydrogens is 418 g/mol. The van der Waals surface area contributed by atoms with Crippen LogP contribution < -0.4 is 20.1 Å². The SMILES string of the molecule is CCN(CC)S(=O)(=O)c1ccc([C@@H](C)NCC(=O)NCc2ccc3c(c2)OCO3)cc1. The van der Waals surface area contributed by atoms with Gasteiger partial charge in [0.1, 0.15) is 0 Å². The molecule has 0 radical (unpaired) electrons. The highest BCUT2D eigenvalue weighted by Gasteiger charge is 2.21. The predicted octanol–water partition coefficient (Wildman–Crippen LogP) is 2.41. The number of benzene rings is 2. The van der Waals surface area contributed by atoms with Crippen LogP contribution in [0, 0.1) is 0 Å². The van der Waals surface area contributed by atoms with E-state index in [1.165, 1.54) is 4.31 Å². The van der Waals surface area contributed by atoms with E-state index in [4.69, 9.17) is 9.47 Å². The van der Waals surface area contributed by atoms with E-state index in [1.807, 2.05) is 39.0 Å². The Balaban J connectivity index is 1.49. The summed E-state index contributed by atoms with van der Waals surface area (Å²) in [6.45, 7) is 7.18. The normalized spacial score (nSPS) is 13.9. The number of rotatable bonds is 10. The van der Waals surface area contributed by atoms with Crippen molar-refractivity contribution >= 4 is 15.9 Å². The number of nitrogens with one attached hydrogen (secondary N) is 2. The molecule has 0 unspecified atom stereocenters. The molecule has 1 aliphatic heterocycles. The van der Waals surface area contributed by atoms with Crippen molar-refractivity contribution in [3.8, 4) is 11.5 Å². The second kappa shape index (κ2) is 10.1. The monoisotopic (exact) mass is 447 g/mol. The van der Waals surface area contributed by atoms with Crippen LogP contribution in [0.3, 0.4) is 0 Å². The van der Waals surface area contributed by atoms with Gasteiger partial charge in [-0.3, -0.25) is 4.79 Å². The number of nitrogens with zero attached hydrogens (tertiary/aromatic N) is 1. The van der Waals surface area contributed by atoms with Crippen LogP contribution in [-0.4, -0.2) is 45.1 Å². The summed E-state index contributed by atoms with van der Waals surface area (Å²) in [4.78, 5) is 12.5. The number of ether oxygens (including phenoxy) is 2. The summed E-state index contributed by atoms with van der Waals surface area (Å²) in [6.07, 6.45) is 0. The molecule has 0 aromatic heterocycles. The van der Waals surface area contributed by atoms with Crippen molar-refractivity contribution in [1.29, 1.82) is 0 Å². The van der Waals surface area contributed by atoms with Crippen LogP contribution in [0.1, 0.15) is 37.9 Å². The number of amides is 1. The minimum Gasteiger partial charge on any atom is -0.454 e. The van der Waals surface area contributed by atoms with Gasteiger partial charge >= 0.3 is 0 Å². The van der Waals surface area contributed by atoms with E-state index in [0.717, 1.165) is 11.1 Å². The zero-order valence-corrected chi connectivity index (χ0v) is 18.9. The molecule has 1 aliphatic rings. The van der Waals surface area contributed by atoms with Crippen LogP contribution >= 0.6 is 0 Å². The number of carbonyl (C=O) groups excluding carboxylic acids is 1. The van der Waals surface area contributed by atoms with Crippen LogP contribution in [0.5, 0.6) is 11.5 Å². The standard InChI is InChI=1S/C22H29N3O5S/c1-4-25(5-2)31(27,28)19-9-7-18(8-10-19)16(3)23-14-22(26)24-13-17-6-11-20-21(12-17)30-15-29-20/h6-12,16,23H,4-5,13-15H2,1-3H3,(H,24,26)/t16-/m1/s1. The zero-order chi connectivity index (χ0) is 22.4. The Morgan fingerprint density at radius 2 is 1.74 bits per heavy atom. The fraction of sp³-hybridized carbons (Fsp3) is 0.409. The Morgan fingerprint density at radius 1 is 1.06 bits per heavy atom. The van der Waals surface area contributed by atoms with Gasteiger partial charge in [0, 0.05) is 25.7 Å². The van der Waals surface area contributed by atoms with Gasteiger partial charge in [0.2, 0.25) is 22.7 Å². The Kier molecular flexibility index (Phi) is 7.53. The maximum atomic E-state index is 12.6. The zero-order valence-electron chi connectivity index (χ0n) is 18.1. The molecule has 0 aliphatic carbocycles. The predicted molar refractivity (Wildman–Crippen MR) is 117 cm³/mol. The second-order valence-electron chi connectivity index (χ2n) is 7.23. The lowest BCUT2D eigenvalue weighted by atomic mass is 10.1. The lowest BCUT2D eigenvalue weighted by Crippen LogP contribution is -2.34. The van der Waals surface area contributed by atoms with Gasteiger partial charge in [-0.15, -0.1) is 0 Å². The topological polar surface area (TPSA) is 97.0 Å². The highest BCUT2D eigenvalue weighted by molar-refractivity contribution is 7.89. The first kappa shape index (κ1) is 23.1. The highest BCUT2D eigenvalue weighted by Crippen LogP contribution is 2.32. The molecule has 1 amide bonds. The van der Waals surface area contributed by atoms with Gasteiger partial charge in [0.05, 0.1) is 11.4 Å². The molecule has 1 heterocycles. The molecule has 0 bridgehead atoms. The van der Waals surface area contributed by atoms with E-state index in [0.29, 0.717) is 31.1 Å². The Morgan fingerprint density at radius 3 is 2.42 bits per heavy atom. The van der Waals surface area contributed by atoms with Crippen molar-refractivity contribution in [2.75, 3.05) is 26.4 Å². The van der Waals surface area contributed by atoms with Crippen LogP contribution in [0.15, 0.2) is 47.4 Å². The van der Waals surface area contributed by atoms with Crippen LogP contribution in [0.25, 0.3) is 0 Å². The molecule has 168 valence electrons. The van der Waals surface area contributed by atoms with E-state index >= 15 is 0 Å². The fourth-order valence-electron chi connectivity index (χ4n) is 3.32.